The fourth-order valence-electron chi connectivity index (χ4n) is 3.19. The number of rotatable bonds is 4. The Hall–Kier alpha value is -2.41. The summed E-state index contributed by atoms with van der Waals surface area (Å²) in [5.74, 6) is -0.628. The van der Waals surface area contributed by atoms with Gasteiger partial charge in [-0.05, 0) is 41.1 Å². The molecule has 142 valence electrons. The van der Waals surface area contributed by atoms with E-state index in [1.165, 1.54) is 11.3 Å². The monoisotopic (exact) mass is 429 g/mol. The molecule has 3 aromatic rings. The van der Waals surface area contributed by atoms with E-state index < -0.39 is 11.6 Å². The highest BCUT2D eigenvalue weighted by Gasteiger charge is 2.45. The maximum atomic E-state index is 13.0. The van der Waals surface area contributed by atoms with Gasteiger partial charge in [-0.25, -0.2) is 4.79 Å². The number of thiophene rings is 1. The summed E-state index contributed by atoms with van der Waals surface area (Å²) < 4.78 is 5.98. The highest BCUT2D eigenvalue weighted by atomic mass is 35.5. The quantitative estimate of drug-likeness (QED) is 0.409. The molecule has 0 spiro atoms. The zero-order valence-corrected chi connectivity index (χ0v) is 17.0. The number of carbonyl (C=O) groups excluding carboxylic acids is 1. The number of hydrogen-bond donors (Lipinski definition) is 2. The van der Waals surface area contributed by atoms with Gasteiger partial charge in [-0.1, -0.05) is 47.6 Å². The van der Waals surface area contributed by atoms with Crippen molar-refractivity contribution in [3.05, 3.63) is 92.2 Å². The normalized spacial score (nSPS) is 19.5. The van der Waals surface area contributed by atoms with Crippen LogP contribution in [-0.4, -0.2) is 11.1 Å². The first kappa shape index (κ1) is 18.9. The largest absolute Gasteiger partial charge is 0.511 e. The van der Waals surface area contributed by atoms with Crippen LogP contribution in [0, 0.1) is 0 Å². The second-order valence-electron chi connectivity index (χ2n) is 6.34. The highest BCUT2D eigenvalue weighted by molar-refractivity contribution is 8.04. The van der Waals surface area contributed by atoms with E-state index in [9.17, 15) is 9.90 Å². The molecule has 3 N–H and O–H groups in total. The number of carbonyl (C=O) groups is 1. The van der Waals surface area contributed by atoms with E-state index in [2.05, 4.69) is 0 Å². The molecule has 0 saturated heterocycles. The summed E-state index contributed by atoms with van der Waals surface area (Å²) in [6.45, 7) is 0. The minimum absolute atomic E-state index is 0.0326. The lowest BCUT2D eigenvalue weighted by Gasteiger charge is -2.37. The molecule has 7 heteroatoms. The van der Waals surface area contributed by atoms with Crippen molar-refractivity contribution in [1.82, 2.24) is 0 Å². The van der Waals surface area contributed by atoms with Crippen molar-refractivity contribution >= 4 is 46.4 Å². The van der Waals surface area contributed by atoms with Crippen LogP contribution in [0.5, 0.6) is 0 Å². The summed E-state index contributed by atoms with van der Waals surface area (Å²) in [4.78, 5) is 13.8. The second kappa shape index (κ2) is 7.54. The first-order valence-electron chi connectivity index (χ1n) is 8.46. The molecule has 0 bridgehead atoms. The van der Waals surface area contributed by atoms with Gasteiger partial charge in [0.15, 0.2) is 5.60 Å². The molecule has 1 atom stereocenters. The van der Waals surface area contributed by atoms with Gasteiger partial charge in [0.05, 0.1) is 11.4 Å². The smallest absolute Gasteiger partial charge is 0.349 e. The SMILES string of the molecule is Nc1cccc([C@@]2(c3ccsc3)CC(O)=C(Sc3ccccc3Cl)C(=O)O2)c1. The zero-order chi connectivity index (χ0) is 19.7. The van der Waals surface area contributed by atoms with Gasteiger partial charge in [-0.3, -0.25) is 0 Å². The van der Waals surface area contributed by atoms with Crippen LogP contribution >= 0.6 is 34.7 Å². The van der Waals surface area contributed by atoms with E-state index >= 15 is 0 Å². The van der Waals surface area contributed by atoms with Crippen LogP contribution in [0.2, 0.25) is 5.02 Å². The van der Waals surface area contributed by atoms with Crippen LogP contribution in [0.4, 0.5) is 5.69 Å². The Balaban J connectivity index is 1.79. The number of benzene rings is 2. The van der Waals surface area contributed by atoms with Crippen molar-refractivity contribution in [2.24, 2.45) is 0 Å². The van der Waals surface area contributed by atoms with Crippen molar-refractivity contribution in [3.8, 4) is 0 Å². The summed E-state index contributed by atoms with van der Waals surface area (Å²) >= 11 is 8.80. The Morgan fingerprint density at radius 2 is 1.96 bits per heavy atom. The number of ether oxygens (including phenoxy) is 1. The first-order chi connectivity index (χ1) is 13.5. The average molecular weight is 430 g/mol. The molecule has 0 amide bonds. The Kier molecular flexibility index (Phi) is 5.10. The minimum Gasteiger partial charge on any atom is -0.511 e. The number of anilines is 1. The molecule has 1 aliphatic heterocycles. The average Bonchev–Trinajstić information content (AvgIpc) is 3.21. The molecule has 4 nitrogen and oxygen atoms in total. The van der Waals surface area contributed by atoms with E-state index in [0.29, 0.717) is 21.2 Å². The first-order valence-corrected chi connectivity index (χ1v) is 10.6. The third-order valence-corrected chi connectivity index (χ3v) is 6.83. The van der Waals surface area contributed by atoms with Crippen LogP contribution < -0.4 is 5.73 Å². The Labute approximate surface area is 175 Å². The van der Waals surface area contributed by atoms with Gasteiger partial charge in [0, 0.05) is 21.7 Å². The summed E-state index contributed by atoms with van der Waals surface area (Å²) in [6, 6.07) is 16.2. The van der Waals surface area contributed by atoms with Gasteiger partial charge in [-0.15, -0.1) is 0 Å². The number of aliphatic hydroxyl groups is 1. The van der Waals surface area contributed by atoms with Gasteiger partial charge in [0.2, 0.25) is 0 Å². The lowest BCUT2D eigenvalue weighted by Crippen LogP contribution is -2.38. The molecule has 28 heavy (non-hydrogen) atoms. The Bertz CT molecular complexity index is 1070. The summed E-state index contributed by atoms with van der Waals surface area (Å²) in [5, 5.41) is 15.2. The minimum atomic E-state index is -1.12. The van der Waals surface area contributed by atoms with E-state index in [4.69, 9.17) is 22.1 Å². The van der Waals surface area contributed by atoms with Crippen LogP contribution in [0.1, 0.15) is 17.5 Å². The number of hydrogen-bond acceptors (Lipinski definition) is 6. The molecule has 4 rings (SSSR count). The van der Waals surface area contributed by atoms with Crippen LogP contribution in [0.3, 0.4) is 0 Å². The van der Waals surface area contributed by atoms with E-state index in [0.717, 1.165) is 17.3 Å². The number of halogens is 1. The maximum Gasteiger partial charge on any atom is 0.349 e. The van der Waals surface area contributed by atoms with Crippen molar-refractivity contribution in [2.45, 2.75) is 16.9 Å². The molecule has 1 aromatic heterocycles. The van der Waals surface area contributed by atoms with Crippen molar-refractivity contribution in [2.75, 3.05) is 5.73 Å². The van der Waals surface area contributed by atoms with Crippen molar-refractivity contribution in [1.29, 1.82) is 0 Å². The molecule has 2 aromatic carbocycles. The predicted molar refractivity (Wildman–Crippen MR) is 114 cm³/mol. The van der Waals surface area contributed by atoms with E-state index in [-0.39, 0.29) is 17.1 Å². The van der Waals surface area contributed by atoms with Crippen molar-refractivity contribution in [3.63, 3.8) is 0 Å². The second-order valence-corrected chi connectivity index (χ2v) is 8.58. The van der Waals surface area contributed by atoms with Crippen LogP contribution in [0.25, 0.3) is 0 Å². The summed E-state index contributed by atoms with van der Waals surface area (Å²) in [6.07, 6.45) is 0.117. The maximum absolute atomic E-state index is 13.0. The molecule has 0 unspecified atom stereocenters. The highest BCUT2D eigenvalue weighted by Crippen LogP contribution is 2.47. The van der Waals surface area contributed by atoms with E-state index in [1.54, 1.807) is 36.4 Å². The molecular formula is C21H16ClNO3S2. The number of thioether (sulfide) groups is 1. The van der Waals surface area contributed by atoms with Crippen molar-refractivity contribution < 1.29 is 14.6 Å². The lowest BCUT2D eigenvalue weighted by molar-refractivity contribution is -0.154. The molecular weight excluding hydrogens is 414 g/mol. The van der Waals surface area contributed by atoms with Gasteiger partial charge in [0.1, 0.15) is 10.7 Å². The van der Waals surface area contributed by atoms with Crippen LogP contribution in [0.15, 0.2) is 80.9 Å². The number of cyclic esters (lactones) is 1. The molecule has 0 radical (unpaired) electrons. The summed E-state index contributed by atoms with van der Waals surface area (Å²) in [5.41, 5.74) is 6.91. The molecule has 1 aliphatic rings. The third kappa shape index (κ3) is 3.39. The fraction of sp³-hybridized carbons (Fsp3) is 0.0952. The predicted octanol–water partition coefficient (Wildman–Crippen LogP) is 5.74. The zero-order valence-electron chi connectivity index (χ0n) is 14.6. The Morgan fingerprint density at radius 3 is 2.64 bits per heavy atom. The number of esters is 1. The van der Waals surface area contributed by atoms with Crippen LogP contribution in [-0.2, 0) is 15.1 Å². The van der Waals surface area contributed by atoms with Gasteiger partial charge in [-0.2, -0.15) is 11.3 Å². The van der Waals surface area contributed by atoms with E-state index in [1.807, 2.05) is 29.0 Å². The topological polar surface area (TPSA) is 72.5 Å². The third-order valence-electron chi connectivity index (χ3n) is 4.52. The number of aliphatic hydroxyl groups excluding tert-OH is 1. The molecule has 0 fully saturated rings. The van der Waals surface area contributed by atoms with Gasteiger partial charge >= 0.3 is 5.97 Å². The number of nitrogen functional groups attached to an aromatic ring is 1. The fourth-order valence-corrected chi connectivity index (χ4v) is 5.00. The molecule has 0 aliphatic carbocycles. The molecule has 2 heterocycles. The lowest BCUT2D eigenvalue weighted by atomic mass is 9.82. The number of nitrogens with two attached hydrogens (primary N) is 1. The van der Waals surface area contributed by atoms with Gasteiger partial charge < -0.3 is 15.6 Å². The standard InChI is InChI=1S/C21H16ClNO3S2/c22-16-6-1-2-7-18(16)28-19-17(24)11-21(26-20(19)25,14-8-9-27-12-14)13-4-3-5-15(23)10-13/h1-10,12,24H,11,23H2/t21-/m1/s1. The molecule has 0 saturated carbocycles. The summed E-state index contributed by atoms with van der Waals surface area (Å²) in [7, 11) is 0. The Morgan fingerprint density at radius 1 is 1.14 bits per heavy atom. The van der Waals surface area contributed by atoms with Gasteiger partial charge in [0.25, 0.3) is 0 Å².